The Morgan fingerprint density at radius 2 is 1.67 bits per heavy atom. The third-order valence-electron chi connectivity index (χ3n) is 13.3. The minimum atomic E-state index is -4.87. The summed E-state index contributed by atoms with van der Waals surface area (Å²) in [6, 6.07) is 3.47. The zero-order chi connectivity index (χ0) is 52.3. The fourth-order valence-corrected chi connectivity index (χ4v) is 10.8. The number of imidazole rings is 1. The molecule has 0 bridgehead atoms. The van der Waals surface area contributed by atoms with Crippen molar-refractivity contribution in [3.8, 4) is 22.5 Å². The molecule has 0 aromatic carbocycles. The van der Waals surface area contributed by atoms with Gasteiger partial charge in [-0.05, 0) is 83.6 Å². The summed E-state index contributed by atoms with van der Waals surface area (Å²) in [7, 11) is -4.20. The van der Waals surface area contributed by atoms with Gasteiger partial charge in [-0.25, -0.2) is 29.2 Å². The Morgan fingerprint density at radius 3 is 2.30 bits per heavy atom. The minimum Gasteiger partial charge on any atom is -0.348 e. The molecule has 1 aliphatic heterocycles. The maximum absolute atomic E-state index is 14.7. The highest BCUT2D eigenvalue weighted by molar-refractivity contribution is 7.48. The van der Waals surface area contributed by atoms with Crippen LogP contribution in [-0.4, -0.2) is 96.9 Å². The Morgan fingerprint density at radius 1 is 0.973 bits per heavy atom. The number of likely N-dealkylation sites (tertiary alicyclic amines) is 1. The van der Waals surface area contributed by atoms with Gasteiger partial charge in [-0.2, -0.15) is 32.1 Å². The molecule has 3 fully saturated rings. The molecule has 73 heavy (non-hydrogen) atoms. The molecule has 0 radical (unpaired) electrons. The van der Waals surface area contributed by atoms with Crippen molar-refractivity contribution in [2.45, 2.75) is 115 Å². The molecule has 2 amide bonds. The number of alkyl halides is 5. The average Bonchev–Trinajstić information content (AvgIpc) is 4.07. The predicted molar refractivity (Wildman–Crippen MR) is 255 cm³/mol. The summed E-state index contributed by atoms with van der Waals surface area (Å²) in [4.78, 5) is 53.6. The topological polar surface area (TPSA) is 199 Å². The predicted octanol–water partition coefficient (Wildman–Crippen LogP) is 8.92. The molecular formula is C49H54F5N12O6P. The van der Waals surface area contributed by atoms with E-state index in [0.29, 0.717) is 34.9 Å². The number of hydrogen-bond donors (Lipinski definition) is 1. The molecule has 3 atom stereocenters. The number of rotatable bonds is 21. The van der Waals surface area contributed by atoms with Crippen LogP contribution in [-0.2, 0) is 52.5 Å². The first kappa shape index (κ1) is 51.4. The first-order valence-corrected chi connectivity index (χ1v) is 25.0. The second-order valence-corrected chi connectivity index (χ2v) is 21.4. The van der Waals surface area contributed by atoms with Crippen LogP contribution in [0, 0.1) is 12.3 Å². The molecule has 7 heterocycles. The second kappa shape index (κ2) is 19.4. The molecule has 1 saturated heterocycles. The number of nitrogens with zero attached hydrogens (tertiary/aromatic N) is 11. The average molecular weight is 1030 g/mol. The van der Waals surface area contributed by atoms with Crippen LogP contribution >= 0.6 is 7.82 Å². The fourth-order valence-electron chi connectivity index (χ4n) is 9.42. The van der Waals surface area contributed by atoms with E-state index in [2.05, 4.69) is 48.6 Å². The van der Waals surface area contributed by atoms with Crippen molar-refractivity contribution in [1.82, 2.24) is 59.1 Å². The van der Waals surface area contributed by atoms with Gasteiger partial charge in [0.15, 0.2) is 11.5 Å². The van der Waals surface area contributed by atoms with E-state index >= 15 is 0 Å². The van der Waals surface area contributed by atoms with Gasteiger partial charge in [-0.3, -0.25) is 37.2 Å². The fraction of sp³-hybridized carbons (Fsp3) is 0.449. The van der Waals surface area contributed by atoms with Crippen LogP contribution in [0.1, 0.15) is 106 Å². The molecule has 1 N–H and O–H groups in total. The summed E-state index contributed by atoms with van der Waals surface area (Å²) in [6.45, 7) is 11.7. The zero-order valence-corrected chi connectivity index (χ0v) is 41.6. The number of aryl methyl sites for hydroxylation is 1. The molecule has 9 rings (SSSR count). The molecule has 18 nitrogen and oxygen atoms in total. The van der Waals surface area contributed by atoms with Gasteiger partial charge in [0.2, 0.25) is 17.6 Å². The van der Waals surface area contributed by atoms with Gasteiger partial charge in [-0.1, -0.05) is 18.2 Å². The molecule has 1 spiro atoms. The monoisotopic (exact) mass is 1030 g/mol. The van der Waals surface area contributed by atoms with Crippen LogP contribution in [0.3, 0.4) is 0 Å². The van der Waals surface area contributed by atoms with E-state index in [4.69, 9.17) is 18.6 Å². The number of fused-ring (bicyclic) bond motifs is 1. The number of phosphoric acid groups is 1. The lowest BCUT2D eigenvalue weighted by atomic mass is 9.96. The van der Waals surface area contributed by atoms with E-state index < -0.39 is 54.7 Å². The van der Waals surface area contributed by atoms with E-state index in [0.717, 1.165) is 52.3 Å². The summed E-state index contributed by atoms with van der Waals surface area (Å²) in [6.07, 6.45) is 11.3. The Labute approximate surface area is 416 Å². The number of nitrogens with one attached hydrogen (secondary N) is 1. The van der Waals surface area contributed by atoms with E-state index in [-0.39, 0.29) is 67.2 Å². The van der Waals surface area contributed by atoms with Crippen LogP contribution in [0.15, 0.2) is 86.9 Å². The van der Waals surface area contributed by atoms with Gasteiger partial charge in [0, 0.05) is 78.8 Å². The summed E-state index contributed by atoms with van der Waals surface area (Å²) >= 11 is 0. The van der Waals surface area contributed by atoms with Gasteiger partial charge in [0.1, 0.15) is 11.6 Å². The van der Waals surface area contributed by atoms with Crippen molar-refractivity contribution < 1.29 is 49.7 Å². The van der Waals surface area contributed by atoms with Crippen LogP contribution in [0.2, 0.25) is 0 Å². The molecular weight excluding hydrogens is 979 g/mol. The van der Waals surface area contributed by atoms with E-state index in [1.54, 1.807) is 20.0 Å². The van der Waals surface area contributed by atoms with Crippen molar-refractivity contribution in [1.29, 1.82) is 0 Å². The second-order valence-electron chi connectivity index (χ2n) is 19.8. The first-order chi connectivity index (χ1) is 34.5. The number of hydrogen-bond acceptors (Lipinski definition) is 13. The summed E-state index contributed by atoms with van der Waals surface area (Å²) in [5.41, 5.74) is -0.416. The highest BCUT2D eigenvalue weighted by Crippen LogP contribution is 2.65. The highest BCUT2D eigenvalue weighted by atomic mass is 31.2. The number of amides is 2. The lowest BCUT2D eigenvalue weighted by molar-refractivity contribution is -0.141. The number of aromatic nitrogens is 10. The number of pyridine rings is 1. The largest absolute Gasteiger partial charge is 0.476 e. The maximum atomic E-state index is 14.7. The van der Waals surface area contributed by atoms with Crippen molar-refractivity contribution in [2.75, 3.05) is 19.8 Å². The molecule has 6 aromatic rings. The third kappa shape index (κ3) is 10.8. The van der Waals surface area contributed by atoms with Crippen molar-refractivity contribution >= 4 is 25.4 Å². The SMILES string of the molecule is C=CCOP(=O)(OCC=C)OC(C)(C)c1ncc(-c2cc(C(F)(F)F)nn2CC(C)(C)NC(=O)[C@@H](Cc2cnn(C(F)F)c2)N2CC[C@@]3(C[C@@H]3c3ccc(-c4cnc5nc(C6CC6)cn5c4)nc3C)C2=O)cn1. The number of carbonyl (C=O) groups is 2. The van der Waals surface area contributed by atoms with Gasteiger partial charge in [0.25, 0.3) is 0 Å². The lowest BCUT2D eigenvalue weighted by Crippen LogP contribution is -2.56. The Balaban J connectivity index is 0.936. The summed E-state index contributed by atoms with van der Waals surface area (Å²) < 4.78 is 103. The van der Waals surface area contributed by atoms with Crippen molar-refractivity contribution in [3.05, 3.63) is 121 Å². The molecule has 3 aliphatic rings. The maximum Gasteiger partial charge on any atom is 0.476 e. The zero-order valence-electron chi connectivity index (χ0n) is 40.7. The Hall–Kier alpha value is -6.55. The molecule has 2 aliphatic carbocycles. The normalized spacial score (nSPS) is 18.8. The number of halogens is 5. The van der Waals surface area contributed by atoms with Crippen molar-refractivity contribution in [3.63, 3.8) is 0 Å². The summed E-state index contributed by atoms with van der Waals surface area (Å²) in [5.74, 6) is -0.0629. The van der Waals surface area contributed by atoms with Crippen LogP contribution < -0.4 is 5.32 Å². The van der Waals surface area contributed by atoms with Gasteiger partial charge in [-0.15, -0.1) is 13.2 Å². The van der Waals surface area contributed by atoms with E-state index in [9.17, 15) is 36.1 Å². The smallest absolute Gasteiger partial charge is 0.348 e. The lowest BCUT2D eigenvalue weighted by Gasteiger charge is -2.33. The molecule has 6 aromatic heterocycles. The Kier molecular flexibility index (Phi) is 13.6. The molecule has 2 saturated carbocycles. The van der Waals surface area contributed by atoms with Crippen LogP contribution in [0.25, 0.3) is 28.3 Å². The molecule has 386 valence electrons. The van der Waals surface area contributed by atoms with Crippen LogP contribution in [0.4, 0.5) is 22.0 Å². The van der Waals surface area contributed by atoms with Gasteiger partial charge >= 0.3 is 20.5 Å². The van der Waals surface area contributed by atoms with Gasteiger partial charge < -0.3 is 10.2 Å². The Bertz CT molecular complexity index is 3120. The molecule has 0 unspecified atom stereocenters. The summed E-state index contributed by atoms with van der Waals surface area (Å²) in [5, 5.41) is 10.5. The minimum absolute atomic E-state index is 0.0133. The number of phosphoric ester groups is 1. The van der Waals surface area contributed by atoms with Crippen molar-refractivity contribution in [2.24, 2.45) is 5.41 Å². The van der Waals surface area contributed by atoms with Gasteiger partial charge in [0.05, 0.1) is 54.0 Å². The van der Waals surface area contributed by atoms with Crippen LogP contribution in [0.5, 0.6) is 0 Å². The number of carbonyl (C=O) groups excluding carboxylic acids is 2. The van der Waals surface area contributed by atoms with E-state index in [1.165, 1.54) is 49.5 Å². The first-order valence-electron chi connectivity index (χ1n) is 23.6. The standard InChI is InChI=1S/C49H54F5N12O6P/c1-8-16-70-73(69,71-17-9-2)72-47(6,7)42-55-22-32(23-56-42)38-19-40(49(52,53)54)62-66(38)28-46(4,5)61-41(67)39(18-30-21-58-65(25-30)44(50)51)64-15-14-48(43(64)68)20-35(48)34-12-13-36(59-29(34)3)33-24-57-45-60-37(31-10-11-31)27-63(45)26-33/h8-9,12-13,19,21-27,31,35,39,44H,1-2,10-11,14-18,20,28H2,3-7H3,(H,61,67)/t35-,39-,48+/m1/s1. The highest BCUT2D eigenvalue weighted by Gasteiger charge is 2.65. The van der Waals surface area contributed by atoms with E-state index in [1.807, 2.05) is 35.9 Å². The quantitative estimate of drug-likeness (QED) is 0.0408. The molecule has 24 heteroatoms. The third-order valence-corrected chi connectivity index (χ3v) is 14.9.